The van der Waals surface area contributed by atoms with Gasteiger partial charge in [-0.05, 0) is 67.9 Å². The molecule has 164 valence electrons. The number of aliphatic imine (C=N–C) groups is 1. The maximum absolute atomic E-state index is 13.0. The van der Waals surface area contributed by atoms with Gasteiger partial charge in [-0.2, -0.15) is 0 Å². The first-order valence-electron chi connectivity index (χ1n) is 10.3. The van der Waals surface area contributed by atoms with Crippen molar-refractivity contribution in [3.05, 3.63) is 59.2 Å². The second kappa shape index (κ2) is 7.85. The number of fused-ring (bicyclic) bond motifs is 1. The molecule has 2 N–H and O–H groups in total. The molecule has 0 aromatic heterocycles. The lowest BCUT2D eigenvalue weighted by Crippen LogP contribution is -2.36. The summed E-state index contributed by atoms with van der Waals surface area (Å²) in [6.45, 7) is 5.65. The van der Waals surface area contributed by atoms with Crippen LogP contribution < -0.4 is 4.72 Å². The summed E-state index contributed by atoms with van der Waals surface area (Å²) in [4.78, 5) is 18.4. The minimum absolute atomic E-state index is 0.0857. The summed E-state index contributed by atoms with van der Waals surface area (Å²) in [6.07, 6.45) is 1.41. The smallest absolute Gasteiger partial charge is 0.335 e. The van der Waals surface area contributed by atoms with Crippen LogP contribution in [0.2, 0.25) is 0 Å². The number of rotatable bonds is 5. The van der Waals surface area contributed by atoms with Crippen molar-refractivity contribution >= 4 is 27.4 Å². The Morgan fingerprint density at radius 1 is 1.23 bits per heavy atom. The van der Waals surface area contributed by atoms with Gasteiger partial charge in [-0.1, -0.05) is 26.0 Å². The Balaban J connectivity index is 1.68. The molecule has 2 aromatic rings. The molecule has 4 rings (SSSR count). The molecule has 0 aliphatic carbocycles. The van der Waals surface area contributed by atoms with Gasteiger partial charge in [0.05, 0.1) is 21.9 Å². The lowest BCUT2D eigenvalue weighted by molar-refractivity contribution is 0.0696. The Morgan fingerprint density at radius 3 is 2.68 bits per heavy atom. The standard InChI is InChI=1S/C23H27N3O4S/c1-23(2)13-17-11-16(22(27)28)7-8-20(17)24-21(23)15-5-4-6-19(12-15)31(29,30)25-18-9-10-26(3)14-18/h4-8,11-12,18,25H,9-10,13-14H2,1-3H3,(H,27,28). The van der Waals surface area contributed by atoms with E-state index < -0.39 is 16.0 Å². The predicted octanol–water partition coefficient (Wildman–Crippen LogP) is 3.07. The van der Waals surface area contributed by atoms with Gasteiger partial charge in [-0.25, -0.2) is 17.9 Å². The van der Waals surface area contributed by atoms with Gasteiger partial charge in [0.1, 0.15) is 0 Å². The lowest BCUT2D eigenvalue weighted by atomic mass is 9.76. The van der Waals surface area contributed by atoms with Crippen molar-refractivity contribution in [1.82, 2.24) is 9.62 Å². The van der Waals surface area contributed by atoms with E-state index in [0.29, 0.717) is 13.0 Å². The van der Waals surface area contributed by atoms with Crippen LogP contribution in [0.1, 0.15) is 41.8 Å². The summed E-state index contributed by atoms with van der Waals surface area (Å²) in [5, 5.41) is 9.27. The molecule has 2 aliphatic rings. The van der Waals surface area contributed by atoms with Crippen molar-refractivity contribution in [3.8, 4) is 0 Å². The third-order valence-corrected chi connectivity index (χ3v) is 7.48. The number of benzene rings is 2. The van der Waals surface area contributed by atoms with Gasteiger partial charge in [0.25, 0.3) is 0 Å². The highest BCUT2D eigenvalue weighted by molar-refractivity contribution is 7.89. The molecule has 2 aromatic carbocycles. The van der Waals surface area contributed by atoms with Crippen LogP contribution in [0.15, 0.2) is 52.4 Å². The third-order valence-electron chi connectivity index (χ3n) is 5.96. The van der Waals surface area contributed by atoms with Crippen molar-refractivity contribution in [2.75, 3.05) is 20.1 Å². The first-order valence-corrected chi connectivity index (χ1v) is 11.8. The first-order chi connectivity index (χ1) is 14.5. The van der Waals surface area contributed by atoms with Crippen molar-refractivity contribution in [3.63, 3.8) is 0 Å². The SMILES string of the molecule is CN1CCC(NS(=O)(=O)c2cccc(C3=Nc4ccc(C(=O)O)cc4CC3(C)C)c2)C1. The first kappa shape index (κ1) is 21.7. The number of sulfonamides is 1. The Kier molecular flexibility index (Phi) is 5.49. The fourth-order valence-corrected chi connectivity index (χ4v) is 5.69. The van der Waals surface area contributed by atoms with Crippen molar-refractivity contribution < 1.29 is 18.3 Å². The van der Waals surface area contributed by atoms with Gasteiger partial charge < -0.3 is 10.0 Å². The van der Waals surface area contributed by atoms with E-state index in [1.807, 2.05) is 27.0 Å². The van der Waals surface area contributed by atoms with E-state index in [1.54, 1.807) is 36.4 Å². The molecule has 2 aliphatic heterocycles. The van der Waals surface area contributed by atoms with Gasteiger partial charge in [-0.3, -0.25) is 4.99 Å². The highest BCUT2D eigenvalue weighted by Crippen LogP contribution is 2.38. The second-order valence-electron chi connectivity index (χ2n) is 9.07. The molecule has 2 heterocycles. The number of hydrogen-bond donors (Lipinski definition) is 2. The Hall–Kier alpha value is -2.55. The van der Waals surface area contributed by atoms with Crippen LogP contribution in [0.25, 0.3) is 0 Å². The van der Waals surface area contributed by atoms with Gasteiger partial charge in [-0.15, -0.1) is 0 Å². The monoisotopic (exact) mass is 441 g/mol. The zero-order valence-electron chi connectivity index (χ0n) is 17.9. The Morgan fingerprint density at radius 2 is 2.00 bits per heavy atom. The molecule has 8 heteroatoms. The zero-order valence-corrected chi connectivity index (χ0v) is 18.7. The molecule has 0 saturated carbocycles. The van der Waals surface area contributed by atoms with E-state index in [2.05, 4.69) is 9.62 Å². The van der Waals surface area contributed by atoms with Crippen molar-refractivity contribution in [2.45, 2.75) is 37.6 Å². The highest BCUT2D eigenvalue weighted by Gasteiger charge is 2.33. The van der Waals surface area contributed by atoms with Gasteiger partial charge in [0.2, 0.25) is 10.0 Å². The second-order valence-corrected chi connectivity index (χ2v) is 10.8. The molecule has 1 unspecified atom stereocenters. The Bertz CT molecular complexity index is 1170. The number of nitrogens with zero attached hydrogens (tertiary/aromatic N) is 2. The molecule has 0 bridgehead atoms. The van der Waals surface area contributed by atoms with Gasteiger partial charge in [0.15, 0.2) is 0 Å². The number of carboxylic acids is 1. The third kappa shape index (κ3) is 4.42. The van der Waals surface area contributed by atoms with Crippen LogP contribution in [-0.2, 0) is 16.4 Å². The summed E-state index contributed by atoms with van der Waals surface area (Å²) < 4.78 is 28.8. The molecule has 31 heavy (non-hydrogen) atoms. The number of aromatic carboxylic acids is 1. The fourth-order valence-electron chi connectivity index (χ4n) is 4.39. The summed E-state index contributed by atoms with van der Waals surface area (Å²) in [5.41, 5.74) is 3.01. The predicted molar refractivity (Wildman–Crippen MR) is 120 cm³/mol. The van der Waals surface area contributed by atoms with E-state index in [4.69, 9.17) is 4.99 Å². The summed E-state index contributed by atoms with van der Waals surface area (Å²) in [7, 11) is -1.66. The molecular weight excluding hydrogens is 414 g/mol. The molecule has 0 amide bonds. The van der Waals surface area contributed by atoms with E-state index >= 15 is 0 Å². The largest absolute Gasteiger partial charge is 0.478 e. The lowest BCUT2D eigenvalue weighted by Gasteiger charge is -2.32. The summed E-state index contributed by atoms with van der Waals surface area (Å²) in [5.74, 6) is -0.964. The number of likely N-dealkylation sites (tertiary alicyclic amines) is 1. The molecular formula is C23H27N3O4S. The fraction of sp³-hybridized carbons (Fsp3) is 0.391. The Labute approximate surface area is 182 Å². The normalized spacial score (nSPS) is 20.9. The maximum atomic E-state index is 13.0. The molecule has 1 atom stereocenters. The van der Waals surface area contributed by atoms with Crippen molar-refractivity contribution in [1.29, 1.82) is 0 Å². The quantitative estimate of drug-likeness (QED) is 0.743. The highest BCUT2D eigenvalue weighted by atomic mass is 32.2. The molecule has 1 saturated heterocycles. The average molecular weight is 442 g/mol. The van der Waals surface area contributed by atoms with E-state index in [-0.39, 0.29) is 21.9 Å². The van der Waals surface area contributed by atoms with Gasteiger partial charge >= 0.3 is 5.97 Å². The van der Waals surface area contributed by atoms with Crippen LogP contribution >= 0.6 is 0 Å². The number of carboxylic acid groups (broad SMARTS) is 1. The number of nitrogens with one attached hydrogen (secondary N) is 1. The molecule has 7 nitrogen and oxygen atoms in total. The van der Waals surface area contributed by atoms with Crippen LogP contribution in [0.4, 0.5) is 5.69 Å². The minimum atomic E-state index is -3.64. The molecule has 0 spiro atoms. The van der Waals surface area contributed by atoms with E-state index in [9.17, 15) is 18.3 Å². The van der Waals surface area contributed by atoms with Crippen molar-refractivity contribution in [2.24, 2.45) is 10.4 Å². The minimum Gasteiger partial charge on any atom is -0.478 e. The van der Waals surface area contributed by atoms with E-state index in [0.717, 1.165) is 35.5 Å². The number of carbonyl (C=O) groups is 1. The zero-order chi connectivity index (χ0) is 22.4. The number of hydrogen-bond acceptors (Lipinski definition) is 5. The summed E-state index contributed by atoms with van der Waals surface area (Å²) in [6, 6.07) is 11.7. The maximum Gasteiger partial charge on any atom is 0.335 e. The van der Waals surface area contributed by atoms with Crippen LogP contribution in [0, 0.1) is 5.41 Å². The van der Waals surface area contributed by atoms with Crippen LogP contribution in [0.3, 0.4) is 0 Å². The average Bonchev–Trinajstić information content (AvgIpc) is 3.10. The summed E-state index contributed by atoms with van der Waals surface area (Å²) >= 11 is 0. The van der Waals surface area contributed by atoms with Crippen LogP contribution in [-0.4, -0.2) is 56.3 Å². The molecule has 1 fully saturated rings. The van der Waals surface area contributed by atoms with Crippen LogP contribution in [0.5, 0.6) is 0 Å². The van der Waals surface area contributed by atoms with E-state index in [1.165, 1.54) is 0 Å². The van der Waals surface area contributed by atoms with Gasteiger partial charge in [0, 0.05) is 18.0 Å². The molecule has 0 radical (unpaired) electrons. The number of likely N-dealkylation sites (N-methyl/N-ethyl adjacent to an activating group) is 1. The topological polar surface area (TPSA) is 99.1 Å².